The first-order valence-electron chi connectivity index (χ1n) is 9.60. The number of esters is 3. The molecular weight excluding hydrogens is 366 g/mol. The zero-order chi connectivity index (χ0) is 21.9. The Morgan fingerprint density at radius 3 is 2.04 bits per heavy atom. The number of hydrogen-bond acceptors (Lipinski definition) is 8. The summed E-state index contributed by atoms with van der Waals surface area (Å²) in [4.78, 5) is 44.9. The SMILES string of the molecule is COC(=O)C1CN[C@@H](C(C)C)C1=O.COC(=O)CCC[C@H](C(=O)OC)C(C)C. The summed E-state index contributed by atoms with van der Waals surface area (Å²) in [6.45, 7) is 8.26. The van der Waals surface area contributed by atoms with E-state index in [0.29, 0.717) is 25.8 Å². The fourth-order valence-corrected chi connectivity index (χ4v) is 3.01. The van der Waals surface area contributed by atoms with E-state index in [0.717, 1.165) is 0 Å². The number of Topliss-reactive ketones (excluding diaryl/α,β-unsaturated/α-hetero) is 1. The first-order chi connectivity index (χ1) is 13.1. The van der Waals surface area contributed by atoms with Crippen LogP contribution in [0.15, 0.2) is 0 Å². The molecule has 162 valence electrons. The van der Waals surface area contributed by atoms with Crippen LogP contribution in [0, 0.1) is 23.7 Å². The van der Waals surface area contributed by atoms with Gasteiger partial charge in [-0.25, -0.2) is 0 Å². The van der Waals surface area contributed by atoms with Crippen LogP contribution in [0.2, 0.25) is 0 Å². The molecule has 1 fully saturated rings. The van der Waals surface area contributed by atoms with E-state index in [1.165, 1.54) is 21.3 Å². The third kappa shape index (κ3) is 8.37. The van der Waals surface area contributed by atoms with Crippen LogP contribution in [0.25, 0.3) is 0 Å². The Morgan fingerprint density at radius 2 is 1.64 bits per heavy atom. The van der Waals surface area contributed by atoms with Gasteiger partial charge in [-0.3, -0.25) is 19.2 Å². The van der Waals surface area contributed by atoms with Crippen LogP contribution in [0.1, 0.15) is 47.0 Å². The highest BCUT2D eigenvalue weighted by Crippen LogP contribution is 2.20. The predicted octanol–water partition coefficient (Wildman–Crippen LogP) is 1.75. The Morgan fingerprint density at radius 1 is 1.04 bits per heavy atom. The second-order valence-corrected chi connectivity index (χ2v) is 7.45. The molecule has 0 spiro atoms. The Labute approximate surface area is 167 Å². The molecule has 8 heteroatoms. The summed E-state index contributed by atoms with van der Waals surface area (Å²) in [5.41, 5.74) is 0. The molecule has 1 aliphatic rings. The van der Waals surface area contributed by atoms with Crippen LogP contribution >= 0.6 is 0 Å². The molecular formula is C20H35NO7. The van der Waals surface area contributed by atoms with Crippen molar-refractivity contribution in [2.24, 2.45) is 23.7 Å². The van der Waals surface area contributed by atoms with Gasteiger partial charge in [0.15, 0.2) is 5.78 Å². The summed E-state index contributed by atoms with van der Waals surface area (Å²) in [7, 11) is 4.05. The van der Waals surface area contributed by atoms with Gasteiger partial charge in [-0.2, -0.15) is 0 Å². The number of ether oxygens (including phenoxy) is 3. The Balaban J connectivity index is 0.000000525. The van der Waals surface area contributed by atoms with Crippen molar-refractivity contribution >= 4 is 23.7 Å². The number of hydrogen-bond donors (Lipinski definition) is 1. The van der Waals surface area contributed by atoms with E-state index >= 15 is 0 Å². The summed E-state index contributed by atoms with van der Waals surface area (Å²) in [6, 6.07) is -0.191. The van der Waals surface area contributed by atoms with Crippen LogP contribution in [0.5, 0.6) is 0 Å². The highest BCUT2D eigenvalue weighted by atomic mass is 16.5. The molecule has 1 heterocycles. The highest BCUT2D eigenvalue weighted by molar-refractivity contribution is 6.03. The lowest BCUT2D eigenvalue weighted by Gasteiger charge is -2.17. The molecule has 28 heavy (non-hydrogen) atoms. The number of rotatable bonds is 8. The molecule has 1 N–H and O–H groups in total. The molecule has 8 nitrogen and oxygen atoms in total. The van der Waals surface area contributed by atoms with Crippen molar-refractivity contribution in [3.63, 3.8) is 0 Å². The number of methoxy groups -OCH3 is 3. The highest BCUT2D eigenvalue weighted by Gasteiger charge is 2.40. The minimum Gasteiger partial charge on any atom is -0.469 e. The fourth-order valence-electron chi connectivity index (χ4n) is 3.01. The van der Waals surface area contributed by atoms with E-state index in [4.69, 9.17) is 4.74 Å². The Hall–Kier alpha value is -1.96. The summed E-state index contributed by atoms with van der Waals surface area (Å²) < 4.78 is 13.8. The second-order valence-electron chi connectivity index (χ2n) is 7.45. The normalized spacial score (nSPS) is 19.7. The van der Waals surface area contributed by atoms with Crippen molar-refractivity contribution in [2.75, 3.05) is 27.9 Å². The molecule has 0 saturated carbocycles. The maximum absolute atomic E-state index is 11.6. The molecule has 0 aliphatic carbocycles. The Kier molecular flexibility index (Phi) is 12.3. The zero-order valence-electron chi connectivity index (χ0n) is 18.1. The van der Waals surface area contributed by atoms with Gasteiger partial charge in [0, 0.05) is 13.0 Å². The molecule has 3 atom stereocenters. The summed E-state index contributed by atoms with van der Waals surface area (Å²) in [5, 5.41) is 3.02. The van der Waals surface area contributed by atoms with Crippen LogP contribution in [0.4, 0.5) is 0 Å². The van der Waals surface area contributed by atoms with E-state index in [1.54, 1.807) is 0 Å². The van der Waals surface area contributed by atoms with E-state index in [-0.39, 0.29) is 41.5 Å². The smallest absolute Gasteiger partial charge is 0.317 e. The third-order valence-electron chi connectivity index (χ3n) is 4.78. The topological polar surface area (TPSA) is 108 Å². The van der Waals surface area contributed by atoms with Crippen LogP contribution in [-0.4, -0.2) is 57.6 Å². The van der Waals surface area contributed by atoms with E-state index in [2.05, 4.69) is 14.8 Å². The monoisotopic (exact) mass is 401 g/mol. The molecule has 0 radical (unpaired) electrons. The molecule has 1 rings (SSSR count). The van der Waals surface area contributed by atoms with Gasteiger partial charge in [-0.1, -0.05) is 27.7 Å². The van der Waals surface area contributed by atoms with Gasteiger partial charge in [-0.15, -0.1) is 0 Å². The molecule has 0 amide bonds. The van der Waals surface area contributed by atoms with E-state index < -0.39 is 11.9 Å². The quantitative estimate of drug-likeness (QED) is 0.372. The molecule has 1 saturated heterocycles. The summed E-state index contributed by atoms with van der Waals surface area (Å²) >= 11 is 0. The van der Waals surface area contributed by atoms with Crippen LogP contribution < -0.4 is 5.32 Å². The number of carbonyl (C=O) groups is 4. The number of carbonyl (C=O) groups excluding carboxylic acids is 4. The van der Waals surface area contributed by atoms with Gasteiger partial charge in [0.1, 0.15) is 5.92 Å². The summed E-state index contributed by atoms with van der Waals surface area (Å²) in [6.07, 6.45) is 1.68. The van der Waals surface area contributed by atoms with Crippen molar-refractivity contribution < 1.29 is 33.4 Å². The minimum absolute atomic E-state index is 0.0400. The van der Waals surface area contributed by atoms with Gasteiger partial charge in [0.05, 0.1) is 33.3 Å². The first-order valence-corrected chi connectivity index (χ1v) is 9.60. The molecule has 1 aliphatic heterocycles. The van der Waals surface area contributed by atoms with Gasteiger partial charge in [0.25, 0.3) is 0 Å². The van der Waals surface area contributed by atoms with Crippen LogP contribution in [0.3, 0.4) is 0 Å². The van der Waals surface area contributed by atoms with Gasteiger partial charge in [-0.05, 0) is 24.7 Å². The molecule has 1 unspecified atom stereocenters. The van der Waals surface area contributed by atoms with Crippen molar-refractivity contribution in [2.45, 2.75) is 53.0 Å². The van der Waals surface area contributed by atoms with Crippen molar-refractivity contribution in [1.29, 1.82) is 0 Å². The maximum atomic E-state index is 11.6. The standard InChI is InChI=1S/C11H20O4.C9H15NO3/c1-8(2)9(11(13)15-4)6-5-7-10(12)14-3;1-5(2)7-8(11)6(4-10-7)9(12)13-3/h8-9H,5-7H2,1-4H3;5-7,10H,4H2,1-3H3/t9-;6?,7-/m00/s1. The molecule has 0 aromatic rings. The maximum Gasteiger partial charge on any atom is 0.317 e. The zero-order valence-corrected chi connectivity index (χ0v) is 18.1. The van der Waals surface area contributed by atoms with Gasteiger partial charge >= 0.3 is 17.9 Å². The van der Waals surface area contributed by atoms with Gasteiger partial charge < -0.3 is 19.5 Å². The summed E-state index contributed by atoms with van der Waals surface area (Å²) in [5.74, 6) is -1.17. The minimum atomic E-state index is -0.600. The third-order valence-corrected chi connectivity index (χ3v) is 4.78. The largest absolute Gasteiger partial charge is 0.469 e. The second kappa shape index (κ2) is 13.3. The lowest BCUT2D eigenvalue weighted by Crippen LogP contribution is -2.33. The lowest BCUT2D eigenvalue weighted by atomic mass is 9.91. The average Bonchev–Trinajstić information content (AvgIpc) is 3.05. The van der Waals surface area contributed by atoms with Crippen molar-refractivity contribution in [3.8, 4) is 0 Å². The number of nitrogens with one attached hydrogen (secondary N) is 1. The van der Waals surface area contributed by atoms with Crippen molar-refractivity contribution in [3.05, 3.63) is 0 Å². The van der Waals surface area contributed by atoms with Crippen molar-refractivity contribution in [1.82, 2.24) is 5.32 Å². The van der Waals surface area contributed by atoms with E-state index in [1.807, 2.05) is 27.7 Å². The predicted molar refractivity (Wildman–Crippen MR) is 103 cm³/mol. The van der Waals surface area contributed by atoms with Gasteiger partial charge in [0.2, 0.25) is 0 Å². The molecule has 0 bridgehead atoms. The fraction of sp³-hybridized carbons (Fsp3) is 0.800. The van der Waals surface area contributed by atoms with Crippen LogP contribution in [-0.2, 0) is 33.4 Å². The molecule has 0 aromatic heterocycles. The first kappa shape index (κ1) is 26.0. The van der Waals surface area contributed by atoms with E-state index in [9.17, 15) is 19.2 Å². The molecule has 0 aromatic carbocycles. The lowest BCUT2D eigenvalue weighted by molar-refractivity contribution is -0.148. The number of ketones is 1. The average molecular weight is 402 g/mol. The Bertz CT molecular complexity index is 531.